The van der Waals surface area contributed by atoms with Crippen molar-refractivity contribution in [1.82, 2.24) is 14.8 Å². The van der Waals surface area contributed by atoms with E-state index in [-0.39, 0.29) is 18.1 Å². The summed E-state index contributed by atoms with van der Waals surface area (Å²) in [4.78, 5) is 16.1. The number of carbonyl (C=O) groups is 1. The number of aromatic nitrogens is 3. The SMILES string of the molecule is COc1ccc(C(O)Cn2cnc(C(=O)Nc3ccc(C(F)(F)F)cc3)n2)cc1. The Hall–Kier alpha value is -3.40. The molecule has 1 amide bonds. The summed E-state index contributed by atoms with van der Waals surface area (Å²) in [5.74, 6) is -0.196. The molecule has 29 heavy (non-hydrogen) atoms. The lowest BCUT2D eigenvalue weighted by Gasteiger charge is -2.11. The maximum atomic E-state index is 12.6. The molecule has 10 heteroatoms. The van der Waals surface area contributed by atoms with Crippen LogP contribution in [0.1, 0.15) is 27.8 Å². The van der Waals surface area contributed by atoms with Gasteiger partial charge in [0.15, 0.2) is 0 Å². The number of hydrogen-bond acceptors (Lipinski definition) is 5. The number of alkyl halides is 3. The molecular formula is C19H17F3N4O3. The molecule has 0 aliphatic heterocycles. The molecule has 0 bridgehead atoms. The third-order valence-corrected chi connectivity index (χ3v) is 4.07. The zero-order valence-corrected chi connectivity index (χ0v) is 15.2. The van der Waals surface area contributed by atoms with Crippen LogP contribution in [0.25, 0.3) is 0 Å². The molecule has 3 aromatic rings. The van der Waals surface area contributed by atoms with E-state index >= 15 is 0 Å². The highest BCUT2D eigenvalue weighted by atomic mass is 19.4. The fourth-order valence-electron chi connectivity index (χ4n) is 2.52. The summed E-state index contributed by atoms with van der Waals surface area (Å²) in [6.07, 6.45) is -4.05. The van der Waals surface area contributed by atoms with Crippen LogP contribution in [0, 0.1) is 0 Å². The summed E-state index contributed by atoms with van der Waals surface area (Å²) in [5, 5.41) is 16.7. The maximum Gasteiger partial charge on any atom is 0.416 e. The van der Waals surface area contributed by atoms with Crippen molar-refractivity contribution in [1.29, 1.82) is 0 Å². The lowest BCUT2D eigenvalue weighted by atomic mass is 10.1. The first-order valence-electron chi connectivity index (χ1n) is 8.46. The first-order chi connectivity index (χ1) is 13.8. The van der Waals surface area contributed by atoms with Gasteiger partial charge in [0.1, 0.15) is 12.1 Å². The Morgan fingerprint density at radius 2 is 1.83 bits per heavy atom. The van der Waals surface area contributed by atoms with Crippen LogP contribution >= 0.6 is 0 Å². The highest BCUT2D eigenvalue weighted by Gasteiger charge is 2.30. The van der Waals surface area contributed by atoms with Crippen LogP contribution in [0.15, 0.2) is 54.9 Å². The standard InChI is InChI=1S/C19H17F3N4O3/c1-29-15-8-2-12(3-9-15)16(27)10-26-11-23-17(25-26)18(28)24-14-6-4-13(5-7-14)19(20,21)22/h2-9,11,16,27H,10H2,1H3,(H,24,28). The van der Waals surface area contributed by atoms with Gasteiger partial charge in [-0.15, -0.1) is 5.10 Å². The summed E-state index contributed by atoms with van der Waals surface area (Å²) in [6, 6.07) is 10.9. The van der Waals surface area contributed by atoms with Crippen LogP contribution in [0.5, 0.6) is 5.75 Å². The highest BCUT2D eigenvalue weighted by Crippen LogP contribution is 2.29. The van der Waals surface area contributed by atoms with E-state index in [4.69, 9.17) is 4.74 Å². The van der Waals surface area contributed by atoms with Gasteiger partial charge in [-0.05, 0) is 42.0 Å². The van der Waals surface area contributed by atoms with Crippen molar-refractivity contribution in [3.8, 4) is 5.75 Å². The molecule has 3 rings (SSSR count). The second-order valence-electron chi connectivity index (χ2n) is 6.11. The minimum Gasteiger partial charge on any atom is -0.497 e. The number of rotatable bonds is 6. The molecule has 0 aliphatic carbocycles. The zero-order valence-electron chi connectivity index (χ0n) is 15.2. The van der Waals surface area contributed by atoms with Crippen molar-refractivity contribution in [2.24, 2.45) is 0 Å². The van der Waals surface area contributed by atoms with Crippen LogP contribution in [-0.4, -0.2) is 32.9 Å². The Bertz CT molecular complexity index is 970. The first kappa shape index (κ1) is 20.3. The van der Waals surface area contributed by atoms with Gasteiger partial charge in [0.05, 0.1) is 25.3 Å². The number of amides is 1. The Morgan fingerprint density at radius 3 is 2.41 bits per heavy atom. The molecule has 0 spiro atoms. The Labute approximate surface area is 163 Å². The molecule has 0 radical (unpaired) electrons. The number of anilines is 1. The molecule has 1 atom stereocenters. The van der Waals surface area contributed by atoms with E-state index < -0.39 is 23.8 Å². The smallest absolute Gasteiger partial charge is 0.416 e. The molecule has 0 aliphatic rings. The predicted octanol–water partition coefficient (Wildman–Crippen LogP) is 3.29. The number of carbonyl (C=O) groups excluding carboxylic acids is 1. The van der Waals surface area contributed by atoms with Gasteiger partial charge in [-0.3, -0.25) is 4.79 Å². The topological polar surface area (TPSA) is 89.3 Å². The van der Waals surface area contributed by atoms with Gasteiger partial charge in [0.25, 0.3) is 5.91 Å². The molecule has 0 fully saturated rings. The van der Waals surface area contributed by atoms with Gasteiger partial charge in [0.2, 0.25) is 5.82 Å². The molecule has 2 aromatic carbocycles. The Kier molecular flexibility index (Phi) is 5.83. The average molecular weight is 406 g/mol. The fraction of sp³-hybridized carbons (Fsp3) is 0.211. The second-order valence-corrected chi connectivity index (χ2v) is 6.11. The largest absolute Gasteiger partial charge is 0.497 e. The second kappa shape index (κ2) is 8.31. The summed E-state index contributed by atoms with van der Waals surface area (Å²) in [7, 11) is 1.54. The van der Waals surface area contributed by atoms with Crippen LogP contribution in [-0.2, 0) is 12.7 Å². The van der Waals surface area contributed by atoms with E-state index in [9.17, 15) is 23.1 Å². The number of benzene rings is 2. The van der Waals surface area contributed by atoms with Crippen LogP contribution in [0.3, 0.4) is 0 Å². The van der Waals surface area contributed by atoms with Crippen molar-refractivity contribution in [3.05, 3.63) is 71.8 Å². The van der Waals surface area contributed by atoms with Gasteiger partial charge in [-0.1, -0.05) is 12.1 Å². The molecule has 0 saturated carbocycles. The molecular weight excluding hydrogens is 389 g/mol. The van der Waals surface area contributed by atoms with E-state index in [2.05, 4.69) is 15.4 Å². The van der Waals surface area contributed by atoms with E-state index in [1.165, 1.54) is 18.1 Å². The number of nitrogens with one attached hydrogen (secondary N) is 1. The molecule has 1 aromatic heterocycles. The van der Waals surface area contributed by atoms with Gasteiger partial charge in [-0.2, -0.15) is 13.2 Å². The van der Waals surface area contributed by atoms with E-state index in [0.717, 1.165) is 24.3 Å². The van der Waals surface area contributed by atoms with E-state index in [1.54, 1.807) is 24.3 Å². The van der Waals surface area contributed by atoms with Crippen molar-refractivity contribution in [2.45, 2.75) is 18.8 Å². The summed E-state index contributed by atoms with van der Waals surface area (Å²) in [5.41, 5.74) is 0.0000879. The minimum atomic E-state index is -4.45. The third kappa shape index (κ3) is 5.11. The lowest BCUT2D eigenvalue weighted by molar-refractivity contribution is -0.137. The molecule has 1 heterocycles. The van der Waals surface area contributed by atoms with Gasteiger partial charge < -0.3 is 15.2 Å². The van der Waals surface area contributed by atoms with Crippen molar-refractivity contribution in [2.75, 3.05) is 12.4 Å². The molecule has 152 valence electrons. The number of aliphatic hydroxyl groups is 1. The van der Waals surface area contributed by atoms with Crippen molar-refractivity contribution >= 4 is 11.6 Å². The number of halogens is 3. The van der Waals surface area contributed by atoms with Gasteiger partial charge >= 0.3 is 6.18 Å². The van der Waals surface area contributed by atoms with Gasteiger partial charge in [-0.25, -0.2) is 9.67 Å². The summed E-state index contributed by atoms with van der Waals surface area (Å²) in [6.45, 7) is 0.0624. The molecule has 0 saturated heterocycles. The Balaban J connectivity index is 1.62. The van der Waals surface area contributed by atoms with Crippen LogP contribution in [0.2, 0.25) is 0 Å². The minimum absolute atomic E-state index is 0.0624. The highest BCUT2D eigenvalue weighted by molar-refractivity contribution is 6.01. The Morgan fingerprint density at radius 1 is 1.17 bits per heavy atom. The zero-order chi connectivity index (χ0) is 21.0. The lowest BCUT2D eigenvalue weighted by Crippen LogP contribution is -2.15. The van der Waals surface area contributed by atoms with Crippen molar-refractivity contribution < 1.29 is 27.8 Å². The molecule has 2 N–H and O–H groups in total. The first-order valence-corrected chi connectivity index (χ1v) is 8.46. The average Bonchev–Trinajstić information content (AvgIpc) is 3.16. The monoisotopic (exact) mass is 406 g/mol. The quantitative estimate of drug-likeness (QED) is 0.656. The number of methoxy groups -OCH3 is 1. The van der Waals surface area contributed by atoms with Crippen LogP contribution < -0.4 is 10.1 Å². The number of aliphatic hydroxyl groups excluding tert-OH is 1. The normalized spacial score (nSPS) is 12.4. The molecule has 1 unspecified atom stereocenters. The molecule has 7 nitrogen and oxygen atoms in total. The fourth-order valence-corrected chi connectivity index (χ4v) is 2.52. The predicted molar refractivity (Wildman–Crippen MR) is 97.4 cm³/mol. The number of nitrogens with zero attached hydrogens (tertiary/aromatic N) is 3. The van der Waals surface area contributed by atoms with Crippen molar-refractivity contribution in [3.63, 3.8) is 0 Å². The maximum absolute atomic E-state index is 12.6. The third-order valence-electron chi connectivity index (χ3n) is 4.07. The summed E-state index contributed by atoms with van der Waals surface area (Å²) >= 11 is 0. The van der Waals surface area contributed by atoms with E-state index in [0.29, 0.717) is 11.3 Å². The van der Waals surface area contributed by atoms with Gasteiger partial charge in [0, 0.05) is 5.69 Å². The number of ether oxygens (including phenoxy) is 1. The summed E-state index contributed by atoms with van der Waals surface area (Å²) < 4.78 is 44.1. The van der Waals surface area contributed by atoms with Crippen LogP contribution in [0.4, 0.5) is 18.9 Å². The van der Waals surface area contributed by atoms with E-state index in [1.807, 2.05) is 0 Å². The number of hydrogen-bond donors (Lipinski definition) is 2.